The fourth-order valence-electron chi connectivity index (χ4n) is 3.35. The molecule has 1 amide bonds. The Kier molecular flexibility index (Phi) is 4.87. The second-order valence-corrected chi connectivity index (χ2v) is 7.36. The molecule has 150 valence electrons. The number of halogens is 3. The predicted octanol–water partition coefficient (Wildman–Crippen LogP) is 3.52. The zero-order chi connectivity index (χ0) is 20.6. The SMILES string of the molecule is O=C(c1c[nH]c(=O)cn1)N1CCc2sccc2C1c1ccc(OC(F)(F)F)cc1. The molecular formula is C19H14F3N3O3S. The Morgan fingerprint density at radius 2 is 2.00 bits per heavy atom. The molecule has 4 rings (SSSR count). The molecule has 1 aliphatic rings. The van der Waals surface area contributed by atoms with E-state index in [9.17, 15) is 22.8 Å². The summed E-state index contributed by atoms with van der Waals surface area (Å²) in [6.07, 6.45) is -1.82. The van der Waals surface area contributed by atoms with E-state index in [-0.39, 0.29) is 17.4 Å². The van der Waals surface area contributed by atoms with Crippen LogP contribution in [0.2, 0.25) is 0 Å². The summed E-state index contributed by atoms with van der Waals surface area (Å²) in [5.74, 6) is -0.707. The molecule has 10 heteroatoms. The minimum atomic E-state index is -4.77. The highest BCUT2D eigenvalue weighted by molar-refractivity contribution is 7.10. The topological polar surface area (TPSA) is 75.3 Å². The van der Waals surface area contributed by atoms with E-state index in [4.69, 9.17) is 0 Å². The van der Waals surface area contributed by atoms with Crippen LogP contribution in [0.15, 0.2) is 52.9 Å². The second-order valence-electron chi connectivity index (χ2n) is 6.36. The Bertz CT molecular complexity index is 1070. The number of fused-ring (bicyclic) bond motifs is 1. The van der Waals surface area contributed by atoms with Crippen molar-refractivity contribution in [3.8, 4) is 5.75 Å². The van der Waals surface area contributed by atoms with Crippen LogP contribution in [0.5, 0.6) is 5.75 Å². The Morgan fingerprint density at radius 3 is 2.66 bits per heavy atom. The quantitative estimate of drug-likeness (QED) is 0.702. The number of carbonyl (C=O) groups excluding carboxylic acids is 1. The lowest BCUT2D eigenvalue weighted by Gasteiger charge is -2.36. The molecule has 1 atom stereocenters. The van der Waals surface area contributed by atoms with Crippen molar-refractivity contribution in [3.63, 3.8) is 0 Å². The number of thiophene rings is 1. The van der Waals surface area contributed by atoms with Gasteiger partial charge in [0.15, 0.2) is 0 Å². The van der Waals surface area contributed by atoms with Gasteiger partial charge in [-0.15, -0.1) is 24.5 Å². The lowest BCUT2D eigenvalue weighted by Crippen LogP contribution is -2.40. The van der Waals surface area contributed by atoms with Crippen LogP contribution in [0.4, 0.5) is 13.2 Å². The van der Waals surface area contributed by atoms with Gasteiger partial charge in [-0.05, 0) is 41.1 Å². The Morgan fingerprint density at radius 1 is 1.24 bits per heavy atom. The van der Waals surface area contributed by atoms with Crippen LogP contribution in [0.1, 0.15) is 32.5 Å². The maximum atomic E-state index is 13.1. The molecule has 2 aromatic heterocycles. The third-order valence-corrected chi connectivity index (χ3v) is 5.54. The van der Waals surface area contributed by atoms with E-state index in [1.807, 2.05) is 11.4 Å². The van der Waals surface area contributed by atoms with Crippen molar-refractivity contribution in [2.45, 2.75) is 18.8 Å². The molecule has 0 radical (unpaired) electrons. The van der Waals surface area contributed by atoms with Crippen LogP contribution < -0.4 is 10.3 Å². The van der Waals surface area contributed by atoms with Crippen molar-refractivity contribution in [3.05, 3.63) is 80.2 Å². The molecule has 0 aliphatic carbocycles. The van der Waals surface area contributed by atoms with Crippen molar-refractivity contribution in [1.82, 2.24) is 14.9 Å². The van der Waals surface area contributed by atoms with Crippen LogP contribution in [-0.2, 0) is 6.42 Å². The van der Waals surface area contributed by atoms with Crippen molar-refractivity contribution in [2.75, 3.05) is 6.54 Å². The van der Waals surface area contributed by atoms with Crippen LogP contribution in [-0.4, -0.2) is 33.7 Å². The number of hydrogen-bond acceptors (Lipinski definition) is 5. The number of nitrogens with zero attached hydrogens (tertiary/aromatic N) is 2. The molecule has 1 N–H and O–H groups in total. The Hall–Kier alpha value is -3.14. The molecular weight excluding hydrogens is 407 g/mol. The molecule has 1 aromatic carbocycles. The number of hydrogen-bond donors (Lipinski definition) is 1. The molecule has 29 heavy (non-hydrogen) atoms. The van der Waals surface area contributed by atoms with Crippen molar-refractivity contribution >= 4 is 17.2 Å². The number of aromatic amines is 1. The van der Waals surface area contributed by atoms with E-state index < -0.39 is 18.0 Å². The van der Waals surface area contributed by atoms with E-state index in [0.717, 1.165) is 16.6 Å². The fourth-order valence-corrected chi connectivity index (χ4v) is 4.26. The fraction of sp³-hybridized carbons (Fsp3) is 0.211. The van der Waals surface area contributed by atoms with Gasteiger partial charge >= 0.3 is 6.36 Å². The number of alkyl halides is 3. The molecule has 0 fully saturated rings. The van der Waals surface area contributed by atoms with E-state index >= 15 is 0 Å². The monoisotopic (exact) mass is 421 g/mol. The number of H-pyrrole nitrogens is 1. The minimum absolute atomic E-state index is 0.0882. The summed E-state index contributed by atoms with van der Waals surface area (Å²) in [4.78, 5) is 33.3. The molecule has 0 spiro atoms. The van der Waals surface area contributed by atoms with Crippen molar-refractivity contribution in [1.29, 1.82) is 0 Å². The zero-order valence-electron chi connectivity index (χ0n) is 14.8. The van der Waals surface area contributed by atoms with Crippen LogP contribution in [0.25, 0.3) is 0 Å². The van der Waals surface area contributed by atoms with Gasteiger partial charge in [-0.2, -0.15) is 0 Å². The molecule has 1 unspecified atom stereocenters. The molecule has 1 aliphatic heterocycles. The molecule has 0 saturated heterocycles. The van der Waals surface area contributed by atoms with Gasteiger partial charge in [-0.3, -0.25) is 9.59 Å². The van der Waals surface area contributed by atoms with Crippen molar-refractivity contribution < 1.29 is 22.7 Å². The van der Waals surface area contributed by atoms with Gasteiger partial charge in [0.05, 0.1) is 12.2 Å². The Balaban J connectivity index is 1.70. The lowest BCUT2D eigenvalue weighted by atomic mass is 9.93. The van der Waals surface area contributed by atoms with E-state index in [1.54, 1.807) is 16.2 Å². The lowest BCUT2D eigenvalue weighted by molar-refractivity contribution is -0.274. The number of amides is 1. The van der Waals surface area contributed by atoms with Crippen LogP contribution in [0, 0.1) is 0 Å². The molecule has 3 heterocycles. The first-order valence-corrected chi connectivity index (χ1v) is 9.47. The predicted molar refractivity (Wildman–Crippen MR) is 98.9 cm³/mol. The van der Waals surface area contributed by atoms with Gasteiger partial charge in [0.1, 0.15) is 11.4 Å². The van der Waals surface area contributed by atoms with Crippen LogP contribution >= 0.6 is 11.3 Å². The largest absolute Gasteiger partial charge is 0.573 e. The van der Waals surface area contributed by atoms with Gasteiger partial charge in [0, 0.05) is 17.6 Å². The number of carbonyl (C=O) groups is 1. The molecule has 0 bridgehead atoms. The molecule has 6 nitrogen and oxygen atoms in total. The summed E-state index contributed by atoms with van der Waals surface area (Å²) in [6, 6.07) is 6.91. The van der Waals surface area contributed by atoms with Gasteiger partial charge in [-0.25, -0.2) is 4.98 Å². The first kappa shape index (κ1) is 19.2. The smallest absolute Gasteiger partial charge is 0.406 e. The third-order valence-electron chi connectivity index (χ3n) is 4.55. The first-order valence-electron chi connectivity index (χ1n) is 8.59. The summed E-state index contributed by atoms with van der Waals surface area (Å²) >= 11 is 1.57. The highest BCUT2D eigenvalue weighted by Crippen LogP contribution is 2.39. The standard InChI is InChI=1S/C19H14F3N3O3S/c20-19(21,22)28-12-3-1-11(2-4-12)17-13-6-8-29-15(13)5-7-25(17)18(27)14-9-24-16(26)10-23-14/h1-4,6,8-10,17H,5,7H2,(H,24,26). The summed E-state index contributed by atoms with van der Waals surface area (Å²) in [6.45, 7) is 0.415. The number of nitrogens with one attached hydrogen (secondary N) is 1. The highest BCUT2D eigenvalue weighted by atomic mass is 32.1. The summed E-state index contributed by atoms with van der Waals surface area (Å²) in [5, 5.41) is 1.92. The summed E-state index contributed by atoms with van der Waals surface area (Å²) in [5.41, 5.74) is 1.24. The van der Waals surface area contributed by atoms with Gasteiger partial charge in [0.25, 0.3) is 11.5 Å². The van der Waals surface area contributed by atoms with E-state index in [2.05, 4.69) is 14.7 Å². The normalized spacial score (nSPS) is 16.4. The molecule has 3 aromatic rings. The number of aromatic nitrogens is 2. The van der Waals surface area contributed by atoms with Gasteiger partial charge in [0.2, 0.25) is 0 Å². The van der Waals surface area contributed by atoms with E-state index in [0.29, 0.717) is 18.5 Å². The van der Waals surface area contributed by atoms with Crippen LogP contribution in [0.3, 0.4) is 0 Å². The van der Waals surface area contributed by atoms with Gasteiger partial charge < -0.3 is 14.6 Å². The number of rotatable bonds is 3. The number of ether oxygens (including phenoxy) is 1. The average Bonchev–Trinajstić information content (AvgIpc) is 3.15. The summed E-state index contributed by atoms with van der Waals surface area (Å²) < 4.78 is 41.2. The maximum absolute atomic E-state index is 13.1. The van der Waals surface area contributed by atoms with Gasteiger partial charge in [-0.1, -0.05) is 12.1 Å². The first-order chi connectivity index (χ1) is 13.8. The maximum Gasteiger partial charge on any atom is 0.573 e. The Labute approximate surface area is 166 Å². The highest BCUT2D eigenvalue weighted by Gasteiger charge is 2.34. The zero-order valence-corrected chi connectivity index (χ0v) is 15.6. The van der Waals surface area contributed by atoms with Crippen molar-refractivity contribution in [2.24, 2.45) is 0 Å². The minimum Gasteiger partial charge on any atom is -0.406 e. The third kappa shape index (κ3) is 4.02. The second kappa shape index (κ2) is 7.36. The summed E-state index contributed by atoms with van der Waals surface area (Å²) in [7, 11) is 0. The van der Waals surface area contributed by atoms with E-state index in [1.165, 1.54) is 30.5 Å². The molecule has 0 saturated carbocycles. The average molecular weight is 421 g/mol. The number of benzene rings is 1.